The second kappa shape index (κ2) is 10.5. The minimum Gasteiger partial charge on any atom is -0.497 e. The van der Waals surface area contributed by atoms with Crippen molar-refractivity contribution in [1.29, 1.82) is 0 Å². The molecule has 1 aromatic heterocycles. The fourth-order valence-electron chi connectivity index (χ4n) is 3.82. The van der Waals surface area contributed by atoms with Crippen LogP contribution in [-0.4, -0.2) is 65.3 Å². The Morgan fingerprint density at radius 3 is 2.32 bits per heavy atom. The molecule has 0 unspecified atom stereocenters. The number of nitrogens with zero attached hydrogens (tertiary/aromatic N) is 2. The first-order valence-electron chi connectivity index (χ1n) is 10.6. The van der Waals surface area contributed by atoms with E-state index >= 15 is 0 Å². The van der Waals surface area contributed by atoms with Crippen LogP contribution in [0.15, 0.2) is 53.6 Å². The van der Waals surface area contributed by atoms with E-state index in [0.717, 1.165) is 42.6 Å². The molecule has 12 heteroatoms. The highest BCUT2D eigenvalue weighted by Crippen LogP contribution is 2.29. The standard InChI is InChI=1S/C22H27N3O3S.H3O4P/c1-16-4-7-20(15-21(16)23-18-9-11-24(2)12-10-18)29(26,27)25-13-8-17-5-6-19(28-3)14-22(17)25;1-5(2,3)4/h4-8,13-15,18,23H,9-12H2,1-3H3;(H3,1,2,3,4). The molecule has 186 valence electrons. The van der Waals surface area contributed by atoms with E-state index in [1.807, 2.05) is 25.1 Å². The van der Waals surface area contributed by atoms with Gasteiger partial charge in [0.15, 0.2) is 0 Å². The van der Waals surface area contributed by atoms with Gasteiger partial charge in [-0.25, -0.2) is 17.0 Å². The van der Waals surface area contributed by atoms with Crippen molar-refractivity contribution < 1.29 is 32.4 Å². The van der Waals surface area contributed by atoms with Crippen molar-refractivity contribution in [3.05, 3.63) is 54.2 Å². The number of piperidine rings is 1. The molecule has 10 nitrogen and oxygen atoms in total. The topological polar surface area (TPSA) is 141 Å². The van der Waals surface area contributed by atoms with Gasteiger partial charge in [-0.1, -0.05) is 6.07 Å². The quantitative estimate of drug-likeness (QED) is 0.381. The predicted molar refractivity (Wildman–Crippen MR) is 131 cm³/mol. The van der Waals surface area contributed by atoms with Crippen molar-refractivity contribution in [3.8, 4) is 5.75 Å². The van der Waals surface area contributed by atoms with Gasteiger partial charge in [-0.05, 0) is 75.8 Å². The number of fused-ring (bicyclic) bond motifs is 1. The molecule has 0 amide bonds. The number of rotatable bonds is 5. The van der Waals surface area contributed by atoms with Crippen LogP contribution in [0.25, 0.3) is 10.9 Å². The van der Waals surface area contributed by atoms with Crippen molar-refractivity contribution in [2.75, 3.05) is 32.6 Å². The van der Waals surface area contributed by atoms with Gasteiger partial charge in [-0.2, -0.15) is 0 Å². The van der Waals surface area contributed by atoms with E-state index in [4.69, 9.17) is 24.0 Å². The number of anilines is 1. The average Bonchev–Trinajstić information content (AvgIpc) is 3.19. The number of phosphoric acid groups is 1. The Morgan fingerprint density at radius 1 is 1.06 bits per heavy atom. The maximum Gasteiger partial charge on any atom is 0.466 e. The molecule has 0 bridgehead atoms. The van der Waals surface area contributed by atoms with Gasteiger partial charge in [0.05, 0.1) is 17.5 Å². The summed E-state index contributed by atoms with van der Waals surface area (Å²) in [5.41, 5.74) is 2.53. The van der Waals surface area contributed by atoms with Crippen LogP contribution in [0.5, 0.6) is 5.75 Å². The molecule has 1 saturated heterocycles. The summed E-state index contributed by atoms with van der Waals surface area (Å²) >= 11 is 0. The molecular formula is C22H30N3O7PS. The Hall–Kier alpha value is -2.40. The SMILES string of the molecule is COc1ccc2ccn(S(=O)(=O)c3ccc(C)c(NC4CCN(C)CC4)c3)c2c1.O=P(O)(O)O. The van der Waals surface area contributed by atoms with Gasteiger partial charge in [-0.15, -0.1) is 0 Å². The first-order valence-corrected chi connectivity index (χ1v) is 13.6. The zero-order valence-electron chi connectivity index (χ0n) is 19.2. The normalized spacial score (nSPS) is 15.6. The Kier molecular flexibility index (Phi) is 8.07. The van der Waals surface area contributed by atoms with Crippen molar-refractivity contribution in [2.45, 2.75) is 30.7 Å². The van der Waals surface area contributed by atoms with Gasteiger partial charge in [0, 0.05) is 29.4 Å². The third-order valence-corrected chi connectivity index (χ3v) is 7.39. The van der Waals surface area contributed by atoms with Gasteiger partial charge < -0.3 is 29.6 Å². The summed E-state index contributed by atoms with van der Waals surface area (Å²) in [6.07, 6.45) is 3.70. The number of ether oxygens (including phenoxy) is 1. The maximum atomic E-state index is 13.4. The summed E-state index contributed by atoms with van der Waals surface area (Å²) in [5.74, 6) is 0.626. The summed E-state index contributed by atoms with van der Waals surface area (Å²) in [6, 6.07) is 12.9. The summed E-state index contributed by atoms with van der Waals surface area (Å²) in [5, 5.41) is 4.42. The summed E-state index contributed by atoms with van der Waals surface area (Å²) in [4.78, 5) is 24.2. The third kappa shape index (κ3) is 6.59. The zero-order valence-corrected chi connectivity index (χ0v) is 21.0. The highest BCUT2D eigenvalue weighted by atomic mass is 32.2. The summed E-state index contributed by atoms with van der Waals surface area (Å²) in [6.45, 7) is 4.10. The van der Waals surface area contributed by atoms with Crippen LogP contribution in [0, 0.1) is 6.92 Å². The lowest BCUT2D eigenvalue weighted by Crippen LogP contribution is -2.36. The van der Waals surface area contributed by atoms with Crippen LogP contribution in [-0.2, 0) is 14.6 Å². The molecular weight excluding hydrogens is 481 g/mol. The Bertz CT molecular complexity index is 1290. The average molecular weight is 512 g/mol. The van der Waals surface area contributed by atoms with E-state index < -0.39 is 17.8 Å². The number of hydrogen-bond acceptors (Lipinski definition) is 6. The number of nitrogens with one attached hydrogen (secondary N) is 1. The van der Waals surface area contributed by atoms with E-state index in [9.17, 15) is 8.42 Å². The van der Waals surface area contributed by atoms with Crippen LogP contribution < -0.4 is 10.1 Å². The van der Waals surface area contributed by atoms with Gasteiger partial charge in [0.1, 0.15) is 5.75 Å². The van der Waals surface area contributed by atoms with Crippen molar-refractivity contribution in [1.82, 2.24) is 8.87 Å². The smallest absolute Gasteiger partial charge is 0.466 e. The lowest BCUT2D eigenvalue weighted by atomic mass is 10.0. The summed E-state index contributed by atoms with van der Waals surface area (Å²) < 4.78 is 42.3. The second-order valence-electron chi connectivity index (χ2n) is 8.25. The second-order valence-corrected chi connectivity index (χ2v) is 11.1. The number of benzene rings is 2. The van der Waals surface area contributed by atoms with E-state index in [1.54, 1.807) is 37.6 Å². The number of likely N-dealkylation sites (tertiary alicyclic amines) is 1. The van der Waals surface area contributed by atoms with Crippen molar-refractivity contribution >= 4 is 34.4 Å². The first-order chi connectivity index (χ1) is 15.9. The van der Waals surface area contributed by atoms with Gasteiger partial charge in [0.2, 0.25) is 0 Å². The first kappa shape index (κ1) is 26.2. The Balaban J connectivity index is 0.000000588. The maximum absolute atomic E-state index is 13.4. The van der Waals surface area contributed by atoms with E-state index in [1.165, 1.54) is 3.97 Å². The minimum absolute atomic E-state index is 0.277. The molecule has 0 radical (unpaired) electrons. The monoisotopic (exact) mass is 511 g/mol. The van der Waals surface area contributed by atoms with Crippen LogP contribution in [0.3, 0.4) is 0 Å². The van der Waals surface area contributed by atoms with Gasteiger partial charge in [-0.3, -0.25) is 0 Å². The van der Waals surface area contributed by atoms with Crippen molar-refractivity contribution in [3.63, 3.8) is 0 Å². The molecule has 4 rings (SSSR count). The van der Waals surface area contributed by atoms with Crippen LogP contribution in [0.4, 0.5) is 5.69 Å². The fourth-order valence-corrected chi connectivity index (χ4v) is 5.20. The highest BCUT2D eigenvalue weighted by Gasteiger charge is 2.22. The molecule has 34 heavy (non-hydrogen) atoms. The lowest BCUT2D eigenvalue weighted by molar-refractivity contribution is 0.264. The van der Waals surface area contributed by atoms with E-state index in [-0.39, 0.29) is 4.90 Å². The molecule has 2 aromatic carbocycles. The van der Waals surface area contributed by atoms with Crippen LogP contribution >= 0.6 is 7.82 Å². The third-order valence-electron chi connectivity index (χ3n) is 5.71. The zero-order chi connectivity index (χ0) is 25.1. The Morgan fingerprint density at radius 2 is 1.71 bits per heavy atom. The van der Waals surface area contributed by atoms with E-state index in [0.29, 0.717) is 17.3 Å². The van der Waals surface area contributed by atoms with E-state index in [2.05, 4.69) is 17.3 Å². The molecule has 2 heterocycles. The fraction of sp³-hybridized carbons (Fsp3) is 0.364. The predicted octanol–water partition coefficient (Wildman–Crippen LogP) is 2.77. The molecule has 1 fully saturated rings. The largest absolute Gasteiger partial charge is 0.497 e. The molecule has 0 spiro atoms. The minimum atomic E-state index is -4.64. The molecule has 3 aromatic rings. The number of aromatic nitrogens is 1. The van der Waals surface area contributed by atoms with Gasteiger partial charge >= 0.3 is 7.82 Å². The van der Waals surface area contributed by atoms with Crippen LogP contribution in [0.1, 0.15) is 18.4 Å². The number of hydrogen-bond donors (Lipinski definition) is 4. The molecule has 1 aliphatic heterocycles. The molecule has 0 saturated carbocycles. The number of methoxy groups -OCH3 is 1. The molecule has 4 N–H and O–H groups in total. The van der Waals surface area contributed by atoms with Crippen molar-refractivity contribution in [2.24, 2.45) is 0 Å². The summed E-state index contributed by atoms with van der Waals surface area (Å²) in [7, 11) is -4.66. The van der Waals surface area contributed by atoms with Gasteiger partial charge in [0.25, 0.3) is 10.0 Å². The molecule has 0 atom stereocenters. The highest BCUT2D eigenvalue weighted by molar-refractivity contribution is 7.90. The molecule has 1 aliphatic rings. The lowest BCUT2D eigenvalue weighted by Gasteiger charge is -2.30. The van der Waals surface area contributed by atoms with Crippen LogP contribution in [0.2, 0.25) is 0 Å². The Labute approximate surface area is 199 Å². The number of aryl methyl sites for hydroxylation is 1. The molecule has 0 aliphatic carbocycles.